The smallest absolute Gasteiger partial charge is 0.138 e. The molecule has 2 aromatic heterocycles. The lowest BCUT2D eigenvalue weighted by atomic mass is 9.82. The summed E-state index contributed by atoms with van der Waals surface area (Å²) in [7, 11) is 0. The van der Waals surface area contributed by atoms with E-state index in [2.05, 4.69) is 128 Å². The number of pyridine rings is 1. The fraction of sp³-hybridized carbons (Fsp3) is 0.0938. The van der Waals surface area contributed by atoms with Crippen LogP contribution in [0.2, 0.25) is 0 Å². The third kappa shape index (κ3) is 2.60. The molecule has 6 aromatic rings. The Morgan fingerprint density at radius 1 is 0.676 bits per heavy atom. The van der Waals surface area contributed by atoms with E-state index in [1.54, 1.807) is 0 Å². The van der Waals surface area contributed by atoms with Crippen LogP contribution in [0.15, 0.2) is 109 Å². The normalized spacial score (nSPS) is 13.8. The first-order valence-electron chi connectivity index (χ1n) is 11.8. The minimum atomic E-state index is 0.00386. The minimum Gasteiger partial charge on any atom is -0.301 e. The highest BCUT2D eigenvalue weighted by molar-refractivity contribution is 6.02. The first-order chi connectivity index (χ1) is 16.6. The Morgan fingerprint density at radius 3 is 2.32 bits per heavy atom. The van der Waals surface area contributed by atoms with E-state index in [1.807, 2.05) is 0 Å². The maximum Gasteiger partial charge on any atom is 0.138 e. The number of benzene rings is 4. The Morgan fingerprint density at radius 2 is 1.44 bits per heavy atom. The Labute approximate surface area is 199 Å². The van der Waals surface area contributed by atoms with Crippen LogP contribution in [0.3, 0.4) is 0 Å². The molecular weight excluding hydrogens is 412 g/mol. The molecule has 0 spiro atoms. The number of rotatable bonds is 2. The van der Waals surface area contributed by atoms with E-state index in [-0.39, 0.29) is 5.41 Å². The van der Waals surface area contributed by atoms with E-state index in [0.29, 0.717) is 0 Å². The van der Waals surface area contributed by atoms with Crippen molar-refractivity contribution in [1.29, 1.82) is 0 Å². The molecule has 2 nitrogen and oxygen atoms in total. The van der Waals surface area contributed by atoms with Gasteiger partial charge in [0.1, 0.15) is 5.82 Å². The highest BCUT2D eigenvalue weighted by Crippen LogP contribution is 2.51. The second-order valence-electron chi connectivity index (χ2n) is 9.69. The molecule has 0 unspecified atom stereocenters. The number of nitrogens with zero attached hydrogens (tertiary/aromatic N) is 2. The SMILES string of the molecule is CC1(C)c2ccccc2-c2c1ccc1c2ccn1-c1cc2ccccc2c(-c2ccccc2)n1. The molecule has 0 aliphatic heterocycles. The van der Waals surface area contributed by atoms with Crippen molar-refractivity contribution in [2.75, 3.05) is 0 Å². The first kappa shape index (κ1) is 19.3. The summed E-state index contributed by atoms with van der Waals surface area (Å²) in [4.78, 5) is 5.19. The summed E-state index contributed by atoms with van der Waals surface area (Å²) in [5.41, 5.74) is 8.85. The minimum absolute atomic E-state index is 0.00386. The summed E-state index contributed by atoms with van der Waals surface area (Å²) >= 11 is 0. The third-order valence-electron chi connectivity index (χ3n) is 7.44. The summed E-state index contributed by atoms with van der Waals surface area (Å²) in [5.74, 6) is 0.943. The predicted octanol–water partition coefficient (Wildman–Crippen LogP) is 8.15. The van der Waals surface area contributed by atoms with Crippen molar-refractivity contribution >= 4 is 21.7 Å². The average molecular weight is 437 g/mol. The molecule has 0 atom stereocenters. The summed E-state index contributed by atoms with van der Waals surface area (Å²) in [6.07, 6.45) is 2.17. The summed E-state index contributed by atoms with van der Waals surface area (Å²) in [5, 5.41) is 3.65. The van der Waals surface area contributed by atoms with Crippen LogP contribution < -0.4 is 0 Å². The predicted molar refractivity (Wildman–Crippen MR) is 142 cm³/mol. The van der Waals surface area contributed by atoms with Gasteiger partial charge in [-0.1, -0.05) is 98.8 Å². The maximum atomic E-state index is 5.19. The maximum absolute atomic E-state index is 5.19. The lowest BCUT2D eigenvalue weighted by Gasteiger charge is -2.21. The molecule has 4 aromatic carbocycles. The van der Waals surface area contributed by atoms with E-state index in [4.69, 9.17) is 4.98 Å². The van der Waals surface area contributed by atoms with Crippen molar-refractivity contribution in [2.45, 2.75) is 19.3 Å². The van der Waals surface area contributed by atoms with Gasteiger partial charge in [0.05, 0.1) is 11.2 Å². The molecule has 0 saturated carbocycles. The largest absolute Gasteiger partial charge is 0.301 e. The molecule has 0 amide bonds. The van der Waals surface area contributed by atoms with Crippen LogP contribution in [0.5, 0.6) is 0 Å². The van der Waals surface area contributed by atoms with Gasteiger partial charge in [0.25, 0.3) is 0 Å². The van der Waals surface area contributed by atoms with Crippen molar-refractivity contribution < 1.29 is 0 Å². The molecule has 1 aliphatic carbocycles. The third-order valence-corrected chi connectivity index (χ3v) is 7.44. The van der Waals surface area contributed by atoms with Gasteiger partial charge in [0.2, 0.25) is 0 Å². The van der Waals surface area contributed by atoms with Crippen molar-refractivity contribution in [3.63, 3.8) is 0 Å². The fourth-order valence-electron chi connectivity index (χ4n) is 5.74. The topological polar surface area (TPSA) is 17.8 Å². The molecule has 1 aliphatic rings. The van der Waals surface area contributed by atoms with Gasteiger partial charge in [0.15, 0.2) is 0 Å². The molecule has 162 valence electrons. The second kappa shape index (κ2) is 6.91. The van der Waals surface area contributed by atoms with E-state index >= 15 is 0 Å². The first-order valence-corrected chi connectivity index (χ1v) is 11.8. The molecule has 2 heteroatoms. The molecule has 0 N–H and O–H groups in total. The molecule has 0 bridgehead atoms. The van der Waals surface area contributed by atoms with E-state index < -0.39 is 0 Å². The zero-order valence-corrected chi connectivity index (χ0v) is 19.3. The summed E-state index contributed by atoms with van der Waals surface area (Å²) in [6.45, 7) is 4.66. The van der Waals surface area contributed by atoms with Crippen molar-refractivity contribution in [3.05, 3.63) is 120 Å². The number of hydrogen-bond donors (Lipinski definition) is 0. The Balaban J connectivity index is 1.50. The Hall–Kier alpha value is -4.17. The van der Waals surface area contributed by atoms with Gasteiger partial charge in [-0.15, -0.1) is 0 Å². The van der Waals surface area contributed by atoms with Crippen molar-refractivity contribution in [3.8, 4) is 28.2 Å². The Bertz CT molecular complexity index is 1720. The van der Waals surface area contributed by atoms with Gasteiger partial charge in [-0.25, -0.2) is 4.98 Å². The number of aromatic nitrogens is 2. The summed E-state index contributed by atoms with van der Waals surface area (Å²) in [6, 6.07) is 36.9. The lowest BCUT2D eigenvalue weighted by Crippen LogP contribution is -2.14. The summed E-state index contributed by atoms with van der Waals surface area (Å²) < 4.78 is 2.24. The molecule has 0 fully saturated rings. The van der Waals surface area contributed by atoms with E-state index in [9.17, 15) is 0 Å². The second-order valence-corrected chi connectivity index (χ2v) is 9.69. The van der Waals surface area contributed by atoms with Crippen LogP contribution in [0, 0.1) is 0 Å². The lowest BCUT2D eigenvalue weighted by molar-refractivity contribution is 0.661. The van der Waals surface area contributed by atoms with E-state index in [1.165, 1.54) is 43.9 Å². The van der Waals surface area contributed by atoms with Crippen LogP contribution in [-0.2, 0) is 5.41 Å². The number of fused-ring (bicyclic) bond motifs is 6. The van der Waals surface area contributed by atoms with E-state index in [0.717, 1.165) is 17.1 Å². The quantitative estimate of drug-likeness (QED) is 0.268. The Kier molecular flexibility index (Phi) is 3.93. The van der Waals surface area contributed by atoms with Gasteiger partial charge in [-0.2, -0.15) is 0 Å². The fourth-order valence-corrected chi connectivity index (χ4v) is 5.74. The molecule has 0 radical (unpaired) electrons. The van der Waals surface area contributed by atoms with Crippen LogP contribution in [0.1, 0.15) is 25.0 Å². The zero-order chi connectivity index (χ0) is 22.9. The van der Waals surface area contributed by atoms with Gasteiger partial charge < -0.3 is 4.57 Å². The van der Waals surface area contributed by atoms with Crippen LogP contribution >= 0.6 is 0 Å². The highest BCUT2D eigenvalue weighted by Gasteiger charge is 2.36. The molecule has 2 heterocycles. The van der Waals surface area contributed by atoms with Gasteiger partial charge in [-0.05, 0) is 45.8 Å². The van der Waals surface area contributed by atoms with Crippen molar-refractivity contribution in [2.24, 2.45) is 0 Å². The molecule has 7 rings (SSSR count). The monoisotopic (exact) mass is 436 g/mol. The average Bonchev–Trinajstić information content (AvgIpc) is 3.41. The van der Waals surface area contributed by atoms with Gasteiger partial charge >= 0.3 is 0 Å². The van der Waals surface area contributed by atoms with Gasteiger partial charge in [0, 0.05) is 27.9 Å². The van der Waals surface area contributed by atoms with Crippen molar-refractivity contribution in [1.82, 2.24) is 9.55 Å². The molecular formula is C32H24N2. The molecule has 34 heavy (non-hydrogen) atoms. The van der Waals surface area contributed by atoms with Crippen LogP contribution in [0.25, 0.3) is 49.9 Å². The van der Waals surface area contributed by atoms with Crippen LogP contribution in [0.4, 0.5) is 0 Å². The standard InChI is InChI=1S/C32H24N2/c1-32(2)26-15-9-8-14-24(26)30-25-18-19-34(28(25)17-16-27(30)32)29-20-22-12-6-7-13-23(22)31(33-29)21-10-4-3-5-11-21/h3-20H,1-2H3. The molecule has 0 saturated heterocycles. The van der Waals surface area contributed by atoms with Crippen LogP contribution in [-0.4, -0.2) is 9.55 Å². The number of hydrogen-bond acceptors (Lipinski definition) is 1. The zero-order valence-electron chi connectivity index (χ0n) is 19.3. The highest BCUT2D eigenvalue weighted by atomic mass is 15.1. The van der Waals surface area contributed by atoms with Gasteiger partial charge in [-0.3, -0.25) is 0 Å².